The molecule has 0 saturated carbocycles. The minimum absolute atomic E-state index is 0.163. The van der Waals surface area contributed by atoms with E-state index < -0.39 is 0 Å². The number of hydrogen-bond donors (Lipinski definition) is 1. The monoisotopic (exact) mass is 395 g/mol. The minimum Gasteiger partial charge on any atom is -0.467 e. The van der Waals surface area contributed by atoms with E-state index in [4.69, 9.17) is 8.83 Å². The molecule has 1 N–H and O–H groups in total. The largest absolute Gasteiger partial charge is 0.467 e. The van der Waals surface area contributed by atoms with Crippen molar-refractivity contribution in [2.24, 2.45) is 0 Å². The van der Waals surface area contributed by atoms with Crippen molar-refractivity contribution >= 4 is 17.8 Å². The maximum atomic E-state index is 12.9. The van der Waals surface area contributed by atoms with E-state index in [9.17, 15) is 9.59 Å². The van der Waals surface area contributed by atoms with Gasteiger partial charge < -0.3 is 24.0 Å². The summed E-state index contributed by atoms with van der Waals surface area (Å²) in [4.78, 5) is 37.3. The molecule has 9 nitrogen and oxygen atoms in total. The number of nitrogens with one attached hydrogen (secondary N) is 1. The van der Waals surface area contributed by atoms with E-state index in [0.717, 1.165) is 5.76 Å². The van der Waals surface area contributed by atoms with Crippen molar-refractivity contribution in [2.45, 2.75) is 13.5 Å². The van der Waals surface area contributed by atoms with E-state index in [2.05, 4.69) is 15.3 Å². The molecule has 0 aromatic carbocycles. The number of aryl methyl sites for hydroxylation is 1. The van der Waals surface area contributed by atoms with Gasteiger partial charge >= 0.3 is 0 Å². The molecule has 0 radical (unpaired) electrons. The van der Waals surface area contributed by atoms with Crippen molar-refractivity contribution in [3.63, 3.8) is 0 Å². The molecule has 3 aromatic heterocycles. The SMILES string of the molecule is Cc1cc(C(=O)N2CCN(C(=O)c3ccco3)CC2)nc(NCc2ccco2)n1. The number of anilines is 1. The zero-order chi connectivity index (χ0) is 20.2. The fourth-order valence-corrected chi connectivity index (χ4v) is 3.17. The summed E-state index contributed by atoms with van der Waals surface area (Å²) in [5.74, 6) is 1.09. The van der Waals surface area contributed by atoms with Gasteiger partial charge in [0, 0.05) is 31.9 Å². The second-order valence-electron chi connectivity index (χ2n) is 6.71. The van der Waals surface area contributed by atoms with Crippen LogP contribution in [0.4, 0.5) is 5.95 Å². The third kappa shape index (κ3) is 4.29. The number of nitrogens with zero attached hydrogens (tertiary/aromatic N) is 4. The smallest absolute Gasteiger partial charge is 0.289 e. The summed E-state index contributed by atoms with van der Waals surface area (Å²) < 4.78 is 10.4. The first-order valence-electron chi connectivity index (χ1n) is 9.34. The Kier molecular flexibility index (Phi) is 5.28. The van der Waals surface area contributed by atoms with E-state index >= 15 is 0 Å². The van der Waals surface area contributed by atoms with E-state index in [1.165, 1.54) is 6.26 Å². The van der Waals surface area contributed by atoms with E-state index in [-0.39, 0.29) is 11.8 Å². The van der Waals surface area contributed by atoms with Gasteiger partial charge in [-0.15, -0.1) is 0 Å². The lowest BCUT2D eigenvalue weighted by atomic mass is 10.2. The molecule has 4 rings (SSSR count). The Morgan fingerprint density at radius 3 is 2.34 bits per heavy atom. The number of hydrogen-bond acceptors (Lipinski definition) is 7. The molecule has 0 aliphatic carbocycles. The number of aromatic nitrogens is 2. The van der Waals surface area contributed by atoms with Crippen LogP contribution in [0.3, 0.4) is 0 Å². The second kappa shape index (κ2) is 8.17. The highest BCUT2D eigenvalue weighted by atomic mass is 16.3. The van der Waals surface area contributed by atoms with Crippen molar-refractivity contribution in [2.75, 3.05) is 31.5 Å². The van der Waals surface area contributed by atoms with Gasteiger partial charge in [0.15, 0.2) is 5.76 Å². The Morgan fingerprint density at radius 1 is 1.00 bits per heavy atom. The molecular weight excluding hydrogens is 374 g/mol. The van der Waals surface area contributed by atoms with E-state index in [0.29, 0.717) is 55.8 Å². The molecule has 1 aliphatic rings. The van der Waals surface area contributed by atoms with Gasteiger partial charge in [0.1, 0.15) is 11.5 Å². The first-order chi connectivity index (χ1) is 14.1. The first kappa shape index (κ1) is 18.7. The van der Waals surface area contributed by atoms with Crippen LogP contribution >= 0.6 is 0 Å². The first-order valence-corrected chi connectivity index (χ1v) is 9.34. The van der Waals surface area contributed by atoms with Gasteiger partial charge in [-0.05, 0) is 37.3 Å². The van der Waals surface area contributed by atoms with Crippen LogP contribution in [-0.2, 0) is 6.54 Å². The predicted molar refractivity (Wildman–Crippen MR) is 103 cm³/mol. The van der Waals surface area contributed by atoms with Crippen LogP contribution in [0, 0.1) is 6.92 Å². The molecule has 1 fully saturated rings. The Balaban J connectivity index is 1.38. The lowest BCUT2D eigenvalue weighted by Gasteiger charge is -2.34. The number of carbonyl (C=O) groups is 2. The summed E-state index contributed by atoms with van der Waals surface area (Å²) in [6.07, 6.45) is 3.07. The average Bonchev–Trinajstić information content (AvgIpc) is 3.45. The number of rotatable bonds is 5. The fraction of sp³-hybridized carbons (Fsp3) is 0.300. The molecule has 4 heterocycles. The molecule has 0 unspecified atom stereocenters. The van der Waals surface area contributed by atoms with Gasteiger partial charge in [0.2, 0.25) is 5.95 Å². The van der Waals surface area contributed by atoms with E-state index in [1.807, 2.05) is 13.0 Å². The normalized spacial score (nSPS) is 14.1. The van der Waals surface area contributed by atoms with Gasteiger partial charge in [0.05, 0.1) is 19.1 Å². The molecule has 0 bridgehead atoms. The van der Waals surface area contributed by atoms with Gasteiger partial charge in [0.25, 0.3) is 11.8 Å². The Morgan fingerprint density at radius 2 is 1.69 bits per heavy atom. The van der Waals surface area contributed by atoms with Gasteiger partial charge in [-0.1, -0.05) is 0 Å². The number of amides is 2. The quantitative estimate of drug-likeness (QED) is 0.706. The highest BCUT2D eigenvalue weighted by Crippen LogP contribution is 2.14. The third-order valence-electron chi connectivity index (χ3n) is 4.66. The van der Waals surface area contributed by atoms with Crippen LogP contribution in [-0.4, -0.2) is 57.8 Å². The zero-order valence-electron chi connectivity index (χ0n) is 16.0. The molecular formula is C20H21N5O4. The second-order valence-corrected chi connectivity index (χ2v) is 6.71. The Hall–Kier alpha value is -3.62. The third-order valence-corrected chi connectivity index (χ3v) is 4.66. The summed E-state index contributed by atoms with van der Waals surface area (Å²) in [5, 5.41) is 3.07. The fourth-order valence-electron chi connectivity index (χ4n) is 3.17. The van der Waals surface area contributed by atoms with Crippen molar-refractivity contribution in [1.29, 1.82) is 0 Å². The van der Waals surface area contributed by atoms with Crippen LogP contribution in [0.5, 0.6) is 0 Å². The molecule has 3 aromatic rings. The standard InChI is InChI=1S/C20H21N5O4/c1-14-12-16(23-20(22-14)21-13-15-4-2-10-28-15)18(26)24-6-8-25(9-7-24)19(27)17-5-3-11-29-17/h2-5,10-12H,6-9,13H2,1H3,(H,21,22,23). The van der Waals surface area contributed by atoms with Crippen molar-refractivity contribution in [1.82, 2.24) is 19.8 Å². The van der Waals surface area contributed by atoms with Gasteiger partial charge in [-0.2, -0.15) is 0 Å². The molecule has 0 atom stereocenters. The number of piperazine rings is 1. The predicted octanol–water partition coefficient (Wildman–Crippen LogP) is 2.18. The van der Waals surface area contributed by atoms with Crippen LogP contribution in [0.1, 0.15) is 32.5 Å². The van der Waals surface area contributed by atoms with Crippen LogP contribution in [0.15, 0.2) is 51.7 Å². The molecule has 1 aliphatic heterocycles. The molecule has 0 spiro atoms. The lowest BCUT2D eigenvalue weighted by molar-refractivity contribution is 0.0515. The number of carbonyl (C=O) groups excluding carboxylic acids is 2. The van der Waals surface area contributed by atoms with Crippen LogP contribution in [0.25, 0.3) is 0 Å². The molecule has 29 heavy (non-hydrogen) atoms. The Bertz CT molecular complexity index is 976. The maximum Gasteiger partial charge on any atom is 0.289 e. The molecule has 150 valence electrons. The van der Waals surface area contributed by atoms with E-state index in [1.54, 1.807) is 40.3 Å². The van der Waals surface area contributed by atoms with Crippen molar-refractivity contribution < 1.29 is 18.4 Å². The lowest BCUT2D eigenvalue weighted by Crippen LogP contribution is -2.50. The highest BCUT2D eigenvalue weighted by Gasteiger charge is 2.27. The number of furan rings is 2. The van der Waals surface area contributed by atoms with Gasteiger partial charge in [-0.3, -0.25) is 9.59 Å². The Labute approximate surface area is 167 Å². The summed E-state index contributed by atoms with van der Waals surface area (Å²) in [5.41, 5.74) is 1.02. The van der Waals surface area contributed by atoms with Crippen LogP contribution in [0.2, 0.25) is 0 Å². The summed E-state index contributed by atoms with van der Waals surface area (Å²) in [6, 6.07) is 8.64. The topological polar surface area (TPSA) is 105 Å². The van der Waals surface area contributed by atoms with Crippen molar-refractivity contribution in [3.05, 3.63) is 65.8 Å². The van der Waals surface area contributed by atoms with Crippen LogP contribution < -0.4 is 5.32 Å². The molecule has 9 heteroatoms. The maximum absolute atomic E-state index is 12.9. The van der Waals surface area contributed by atoms with Crippen molar-refractivity contribution in [3.8, 4) is 0 Å². The zero-order valence-corrected chi connectivity index (χ0v) is 16.0. The highest BCUT2D eigenvalue weighted by molar-refractivity contribution is 5.94. The summed E-state index contributed by atoms with van der Waals surface area (Å²) in [7, 11) is 0. The average molecular weight is 395 g/mol. The summed E-state index contributed by atoms with van der Waals surface area (Å²) in [6.45, 7) is 4.00. The minimum atomic E-state index is -0.179. The molecule has 1 saturated heterocycles. The van der Waals surface area contributed by atoms with Gasteiger partial charge in [-0.25, -0.2) is 9.97 Å². The summed E-state index contributed by atoms with van der Waals surface area (Å²) >= 11 is 0. The molecule has 2 amide bonds.